The van der Waals surface area contributed by atoms with Crippen LogP contribution in [0.3, 0.4) is 0 Å². The second-order valence-corrected chi connectivity index (χ2v) is 10.1. The van der Waals surface area contributed by atoms with Gasteiger partial charge in [-0.3, -0.25) is 14.5 Å². The highest BCUT2D eigenvalue weighted by Gasteiger charge is 2.47. The summed E-state index contributed by atoms with van der Waals surface area (Å²) in [5.74, 6) is -0.529. The minimum atomic E-state index is -0.866. The van der Waals surface area contributed by atoms with Crippen LogP contribution in [0.2, 0.25) is 0 Å². The van der Waals surface area contributed by atoms with Gasteiger partial charge in [-0.05, 0) is 77.4 Å². The molecule has 3 aromatic rings. The lowest BCUT2D eigenvalue weighted by Gasteiger charge is -2.26. The number of carbonyl (C=O) groups is 2. The number of phenolic OH excluding ortho intramolecular Hbond substituents is 1. The van der Waals surface area contributed by atoms with Gasteiger partial charge in [0.25, 0.3) is 11.7 Å². The van der Waals surface area contributed by atoms with Crippen LogP contribution >= 0.6 is 0 Å². The number of methoxy groups -OCH3 is 1. The number of ketones is 1. The minimum Gasteiger partial charge on any atom is -0.508 e. The van der Waals surface area contributed by atoms with Gasteiger partial charge in [-0.15, -0.1) is 0 Å². The molecule has 1 saturated heterocycles. The van der Waals surface area contributed by atoms with E-state index in [0.717, 1.165) is 16.7 Å². The summed E-state index contributed by atoms with van der Waals surface area (Å²) in [6.45, 7) is 10.0. The molecule has 0 bridgehead atoms. The zero-order valence-corrected chi connectivity index (χ0v) is 22.1. The summed E-state index contributed by atoms with van der Waals surface area (Å²) in [6.07, 6.45) is 0. The fraction of sp³-hybridized carbons (Fsp3) is 0.290. The first kappa shape index (κ1) is 26.0. The van der Waals surface area contributed by atoms with Gasteiger partial charge in [0.15, 0.2) is 0 Å². The van der Waals surface area contributed by atoms with E-state index in [1.165, 1.54) is 17.0 Å². The fourth-order valence-corrected chi connectivity index (χ4v) is 4.82. The van der Waals surface area contributed by atoms with E-state index in [-0.39, 0.29) is 23.0 Å². The predicted molar refractivity (Wildman–Crippen MR) is 145 cm³/mol. The Bertz CT molecular complexity index is 1370. The van der Waals surface area contributed by atoms with Gasteiger partial charge in [-0.25, -0.2) is 0 Å². The third-order valence-electron chi connectivity index (χ3n) is 6.95. The van der Waals surface area contributed by atoms with E-state index >= 15 is 0 Å². The number of hydrogen-bond acceptors (Lipinski definition) is 5. The zero-order valence-electron chi connectivity index (χ0n) is 22.1. The summed E-state index contributed by atoms with van der Waals surface area (Å²) in [5.41, 5.74) is 4.34. The van der Waals surface area contributed by atoms with E-state index in [0.29, 0.717) is 28.5 Å². The Morgan fingerprint density at radius 1 is 0.919 bits per heavy atom. The molecule has 6 nitrogen and oxygen atoms in total. The number of amides is 1. The van der Waals surface area contributed by atoms with Gasteiger partial charge < -0.3 is 14.9 Å². The van der Waals surface area contributed by atoms with Crippen LogP contribution in [-0.4, -0.2) is 29.0 Å². The molecule has 1 heterocycles. The van der Waals surface area contributed by atoms with Crippen molar-refractivity contribution in [2.24, 2.45) is 0 Å². The number of phenols is 1. The second kappa shape index (κ2) is 10.1. The van der Waals surface area contributed by atoms with Crippen molar-refractivity contribution in [2.75, 3.05) is 12.0 Å². The molecule has 2 N–H and O–H groups in total. The first-order chi connectivity index (χ1) is 17.5. The van der Waals surface area contributed by atoms with Gasteiger partial charge in [0, 0.05) is 11.3 Å². The molecule has 1 atom stereocenters. The third-order valence-corrected chi connectivity index (χ3v) is 6.95. The predicted octanol–water partition coefficient (Wildman–Crippen LogP) is 6.58. The monoisotopic (exact) mass is 499 g/mol. The molecule has 1 amide bonds. The van der Waals surface area contributed by atoms with Gasteiger partial charge in [-0.2, -0.15) is 0 Å². The zero-order chi connectivity index (χ0) is 27.0. The van der Waals surface area contributed by atoms with E-state index in [9.17, 15) is 19.8 Å². The number of hydrogen-bond donors (Lipinski definition) is 2. The molecule has 4 rings (SSSR count). The van der Waals surface area contributed by atoms with Crippen LogP contribution in [0.25, 0.3) is 5.76 Å². The van der Waals surface area contributed by atoms with Crippen LogP contribution in [0.15, 0.2) is 66.2 Å². The largest absolute Gasteiger partial charge is 0.508 e. The SMILES string of the molecule is COc1cc(C)c(/C(O)=C2\C(=O)C(=O)N(c3ccc(C(C)C)cc3)C2c2ccc(O)cc2)cc1C(C)C. The molecule has 0 saturated carbocycles. The van der Waals surface area contributed by atoms with Crippen LogP contribution in [0.4, 0.5) is 5.69 Å². The Morgan fingerprint density at radius 3 is 2.08 bits per heavy atom. The molecule has 1 unspecified atom stereocenters. The number of carbonyl (C=O) groups excluding carboxylic acids is 2. The van der Waals surface area contributed by atoms with Crippen molar-refractivity contribution in [1.29, 1.82) is 0 Å². The maximum Gasteiger partial charge on any atom is 0.300 e. The van der Waals surface area contributed by atoms with Crippen molar-refractivity contribution in [3.8, 4) is 11.5 Å². The van der Waals surface area contributed by atoms with Gasteiger partial charge in [0.2, 0.25) is 0 Å². The second-order valence-electron chi connectivity index (χ2n) is 10.1. The standard InChI is InChI=1S/C31H33NO5/c1-17(2)20-7-11-22(12-8-20)32-28(21-9-13-23(33)14-10-21)27(30(35)31(32)36)29(34)25-16-24(18(3)4)26(37-6)15-19(25)5/h7-18,28,33-34H,1-6H3/b29-27+. The minimum absolute atomic E-state index is 0.00611. The van der Waals surface area contributed by atoms with Gasteiger partial charge in [0.1, 0.15) is 17.3 Å². The molecule has 1 fully saturated rings. The topological polar surface area (TPSA) is 87.1 Å². The highest BCUT2D eigenvalue weighted by Crippen LogP contribution is 2.44. The molecular formula is C31H33NO5. The maximum atomic E-state index is 13.5. The summed E-state index contributed by atoms with van der Waals surface area (Å²) >= 11 is 0. The fourth-order valence-electron chi connectivity index (χ4n) is 4.82. The van der Waals surface area contributed by atoms with Crippen LogP contribution in [0, 0.1) is 6.92 Å². The molecular weight excluding hydrogens is 466 g/mol. The van der Waals surface area contributed by atoms with Crippen LogP contribution < -0.4 is 9.64 Å². The van der Waals surface area contributed by atoms with Crippen LogP contribution in [0.5, 0.6) is 11.5 Å². The summed E-state index contributed by atoms with van der Waals surface area (Å²) in [5, 5.41) is 21.5. The Hall–Kier alpha value is -4.06. The molecule has 192 valence electrons. The van der Waals surface area contributed by atoms with Crippen LogP contribution in [0.1, 0.15) is 73.4 Å². The summed E-state index contributed by atoms with van der Waals surface area (Å²) in [7, 11) is 1.60. The average molecular weight is 500 g/mol. The third kappa shape index (κ3) is 4.71. The molecule has 0 radical (unpaired) electrons. The van der Waals surface area contributed by atoms with E-state index in [4.69, 9.17) is 4.74 Å². The number of aliphatic hydroxyl groups excluding tert-OH is 1. The molecule has 0 spiro atoms. The normalized spacial score (nSPS) is 17.2. The Kier molecular flexibility index (Phi) is 7.12. The highest BCUT2D eigenvalue weighted by atomic mass is 16.5. The number of rotatable bonds is 6. The van der Waals surface area contributed by atoms with Gasteiger partial charge in [-0.1, -0.05) is 52.0 Å². The molecule has 1 aliphatic rings. The van der Waals surface area contributed by atoms with Crippen molar-refractivity contribution in [2.45, 2.75) is 52.5 Å². The van der Waals surface area contributed by atoms with Crippen LogP contribution in [-0.2, 0) is 9.59 Å². The smallest absolute Gasteiger partial charge is 0.300 e. The number of ether oxygens (including phenoxy) is 1. The Morgan fingerprint density at radius 2 is 1.54 bits per heavy atom. The Balaban J connectivity index is 1.95. The molecule has 0 aromatic heterocycles. The van der Waals surface area contributed by atoms with Crippen molar-refractivity contribution >= 4 is 23.1 Å². The molecule has 1 aliphatic heterocycles. The van der Waals surface area contributed by atoms with Crippen molar-refractivity contribution < 1.29 is 24.5 Å². The first-order valence-corrected chi connectivity index (χ1v) is 12.4. The first-order valence-electron chi connectivity index (χ1n) is 12.4. The molecule has 3 aromatic carbocycles. The number of aromatic hydroxyl groups is 1. The maximum absolute atomic E-state index is 13.5. The van der Waals surface area contributed by atoms with Crippen molar-refractivity contribution in [1.82, 2.24) is 0 Å². The number of aryl methyl sites for hydroxylation is 1. The van der Waals surface area contributed by atoms with Gasteiger partial charge in [0.05, 0.1) is 18.7 Å². The number of benzene rings is 3. The lowest BCUT2D eigenvalue weighted by molar-refractivity contribution is -0.132. The van der Waals surface area contributed by atoms with Crippen molar-refractivity contribution in [3.05, 3.63) is 94.1 Å². The van der Waals surface area contributed by atoms with E-state index < -0.39 is 17.7 Å². The number of Topliss-reactive ketones (excluding diaryl/α,β-unsaturated/α-hetero) is 1. The Labute approximate surface area is 217 Å². The van der Waals surface area contributed by atoms with E-state index in [1.54, 1.807) is 19.2 Å². The summed E-state index contributed by atoms with van der Waals surface area (Å²) in [6, 6.07) is 16.7. The van der Waals surface area contributed by atoms with Gasteiger partial charge >= 0.3 is 0 Å². The van der Waals surface area contributed by atoms with E-state index in [2.05, 4.69) is 13.8 Å². The van der Waals surface area contributed by atoms with Crippen molar-refractivity contribution in [3.63, 3.8) is 0 Å². The highest BCUT2D eigenvalue weighted by molar-refractivity contribution is 6.51. The quantitative estimate of drug-likeness (QED) is 0.227. The van der Waals surface area contributed by atoms with E-state index in [1.807, 2.05) is 57.2 Å². The number of nitrogens with zero attached hydrogens (tertiary/aromatic N) is 1. The lowest BCUT2D eigenvalue weighted by atomic mass is 9.91. The summed E-state index contributed by atoms with van der Waals surface area (Å²) < 4.78 is 5.54. The molecule has 37 heavy (non-hydrogen) atoms. The summed E-state index contributed by atoms with van der Waals surface area (Å²) in [4.78, 5) is 28.4. The average Bonchev–Trinajstić information content (AvgIpc) is 3.13. The molecule has 6 heteroatoms. The number of aliphatic hydroxyl groups is 1. The number of anilines is 1. The molecule has 0 aliphatic carbocycles. The lowest BCUT2D eigenvalue weighted by Crippen LogP contribution is -2.29.